The number of hydrogen-bond acceptors (Lipinski definition) is 4. The fourth-order valence-electron chi connectivity index (χ4n) is 4.37. The van der Waals surface area contributed by atoms with Crippen LogP contribution in [0.2, 0.25) is 0 Å². The lowest BCUT2D eigenvalue weighted by Gasteiger charge is -2.30. The second-order valence-corrected chi connectivity index (χ2v) is 9.98. The third-order valence-electron chi connectivity index (χ3n) is 5.95. The molecule has 0 bridgehead atoms. The second-order valence-electron chi connectivity index (χ2n) is 8.04. The van der Waals surface area contributed by atoms with E-state index in [2.05, 4.69) is 0 Å². The fraction of sp³-hybridized carbons (Fsp3) is 0.435. The number of aryl methyl sites for hydroxylation is 2. The number of hydrogen-bond donors (Lipinski definition) is 0. The molecule has 0 unspecified atom stereocenters. The van der Waals surface area contributed by atoms with Gasteiger partial charge in [0.2, 0.25) is 15.9 Å². The molecule has 2 aliphatic heterocycles. The Hall–Kier alpha value is -2.38. The van der Waals surface area contributed by atoms with Crippen LogP contribution in [0.4, 0.5) is 5.69 Å². The summed E-state index contributed by atoms with van der Waals surface area (Å²) >= 11 is 0. The van der Waals surface area contributed by atoms with Crippen molar-refractivity contribution in [1.82, 2.24) is 4.31 Å². The molecule has 2 aromatic carbocycles. The van der Waals surface area contributed by atoms with E-state index in [1.165, 1.54) is 0 Å². The Labute approximate surface area is 178 Å². The Morgan fingerprint density at radius 2 is 1.80 bits per heavy atom. The van der Waals surface area contributed by atoms with E-state index in [0.29, 0.717) is 30.3 Å². The molecule has 2 aliphatic rings. The van der Waals surface area contributed by atoms with Crippen LogP contribution in [0, 0.1) is 6.92 Å². The standard InChI is InChI=1S/C23H28N2O4S/c1-17-7-10-22(29-2)19(14-17)16-23(26)25-13-5-6-18-15-20(8-9-21(18)25)30(27,28)24-11-3-4-12-24/h7-10,14-15H,3-6,11-13,16H2,1-2H3. The number of ether oxygens (including phenoxy) is 1. The minimum absolute atomic E-state index is 0.00463. The topological polar surface area (TPSA) is 66.9 Å². The lowest BCUT2D eigenvalue weighted by atomic mass is 10.00. The minimum Gasteiger partial charge on any atom is -0.496 e. The van der Waals surface area contributed by atoms with E-state index >= 15 is 0 Å². The first-order chi connectivity index (χ1) is 14.4. The van der Waals surface area contributed by atoms with E-state index in [9.17, 15) is 13.2 Å². The van der Waals surface area contributed by atoms with Crippen LogP contribution < -0.4 is 9.64 Å². The number of nitrogens with zero attached hydrogens (tertiary/aromatic N) is 2. The van der Waals surface area contributed by atoms with Crippen molar-refractivity contribution in [2.45, 2.75) is 43.9 Å². The highest BCUT2D eigenvalue weighted by molar-refractivity contribution is 7.89. The molecular weight excluding hydrogens is 400 g/mol. The Bertz CT molecular complexity index is 1060. The van der Waals surface area contributed by atoms with Crippen LogP contribution in [0.5, 0.6) is 5.75 Å². The van der Waals surface area contributed by atoms with Crippen LogP contribution in [0.25, 0.3) is 0 Å². The summed E-state index contributed by atoms with van der Waals surface area (Å²) in [4.78, 5) is 15.3. The van der Waals surface area contributed by atoms with Crippen LogP contribution in [0.15, 0.2) is 41.3 Å². The van der Waals surface area contributed by atoms with Gasteiger partial charge in [-0.3, -0.25) is 4.79 Å². The molecule has 6 nitrogen and oxygen atoms in total. The van der Waals surface area contributed by atoms with Gasteiger partial charge >= 0.3 is 0 Å². The SMILES string of the molecule is COc1ccc(C)cc1CC(=O)N1CCCc2cc(S(=O)(=O)N3CCCC3)ccc21. The minimum atomic E-state index is -3.46. The van der Waals surface area contributed by atoms with Crippen LogP contribution >= 0.6 is 0 Å². The average molecular weight is 429 g/mol. The molecule has 7 heteroatoms. The monoisotopic (exact) mass is 428 g/mol. The summed E-state index contributed by atoms with van der Waals surface area (Å²) in [5, 5.41) is 0. The number of rotatable bonds is 5. The maximum atomic E-state index is 13.1. The molecule has 1 fully saturated rings. The van der Waals surface area contributed by atoms with Gasteiger partial charge in [0, 0.05) is 30.9 Å². The Kier molecular flexibility index (Phi) is 5.84. The number of carbonyl (C=O) groups excluding carboxylic acids is 1. The van der Waals surface area contributed by atoms with Gasteiger partial charge in [-0.2, -0.15) is 4.31 Å². The summed E-state index contributed by atoms with van der Waals surface area (Å²) < 4.78 is 32.8. The van der Waals surface area contributed by atoms with Crippen LogP contribution in [-0.2, 0) is 27.7 Å². The normalized spacial score (nSPS) is 17.1. The van der Waals surface area contributed by atoms with Crippen molar-refractivity contribution in [3.63, 3.8) is 0 Å². The van der Waals surface area contributed by atoms with Crippen molar-refractivity contribution in [3.8, 4) is 5.75 Å². The molecule has 0 spiro atoms. The molecule has 2 heterocycles. The van der Waals surface area contributed by atoms with Gasteiger partial charge in [-0.1, -0.05) is 17.7 Å². The predicted octanol–water partition coefficient (Wildman–Crippen LogP) is 3.31. The van der Waals surface area contributed by atoms with Gasteiger partial charge in [0.15, 0.2) is 0 Å². The highest BCUT2D eigenvalue weighted by Crippen LogP contribution is 2.32. The fourth-order valence-corrected chi connectivity index (χ4v) is 5.94. The van der Waals surface area contributed by atoms with Crippen molar-refractivity contribution >= 4 is 21.6 Å². The summed E-state index contributed by atoms with van der Waals surface area (Å²) in [7, 11) is -1.85. The highest BCUT2D eigenvalue weighted by Gasteiger charge is 2.30. The first-order valence-electron chi connectivity index (χ1n) is 10.5. The lowest BCUT2D eigenvalue weighted by molar-refractivity contribution is -0.118. The van der Waals surface area contributed by atoms with E-state index in [-0.39, 0.29) is 12.3 Å². The smallest absolute Gasteiger partial charge is 0.243 e. The zero-order chi connectivity index (χ0) is 21.3. The molecule has 0 aromatic heterocycles. The highest BCUT2D eigenvalue weighted by atomic mass is 32.2. The van der Waals surface area contributed by atoms with E-state index in [1.54, 1.807) is 34.5 Å². The van der Waals surface area contributed by atoms with Gasteiger partial charge in [0.25, 0.3) is 0 Å². The molecule has 2 aromatic rings. The first kappa shape index (κ1) is 20.9. The predicted molar refractivity (Wildman–Crippen MR) is 117 cm³/mol. The Morgan fingerprint density at radius 3 is 2.53 bits per heavy atom. The van der Waals surface area contributed by atoms with E-state index in [4.69, 9.17) is 4.74 Å². The van der Waals surface area contributed by atoms with E-state index < -0.39 is 10.0 Å². The summed E-state index contributed by atoms with van der Waals surface area (Å²) in [5.41, 5.74) is 3.68. The maximum absolute atomic E-state index is 13.1. The van der Waals surface area contributed by atoms with Crippen molar-refractivity contribution < 1.29 is 17.9 Å². The summed E-state index contributed by atoms with van der Waals surface area (Å²) in [6, 6.07) is 11.0. The Balaban J connectivity index is 1.60. The van der Waals surface area contributed by atoms with Gasteiger partial charge < -0.3 is 9.64 Å². The molecule has 1 amide bonds. The molecule has 0 N–H and O–H groups in total. The summed E-state index contributed by atoms with van der Waals surface area (Å²) in [6.07, 6.45) is 3.66. The van der Waals surface area contributed by atoms with Crippen molar-refractivity contribution in [1.29, 1.82) is 0 Å². The number of fused-ring (bicyclic) bond motifs is 1. The summed E-state index contributed by atoms with van der Waals surface area (Å²) in [5.74, 6) is 0.702. The number of anilines is 1. The van der Waals surface area contributed by atoms with Crippen LogP contribution in [0.3, 0.4) is 0 Å². The molecular formula is C23H28N2O4S. The van der Waals surface area contributed by atoms with Gasteiger partial charge in [0.05, 0.1) is 18.4 Å². The van der Waals surface area contributed by atoms with Crippen LogP contribution in [-0.4, -0.2) is 45.4 Å². The molecule has 30 heavy (non-hydrogen) atoms. The molecule has 4 rings (SSSR count). The molecule has 0 saturated carbocycles. The molecule has 0 atom stereocenters. The van der Waals surface area contributed by atoms with Gasteiger partial charge in [0.1, 0.15) is 5.75 Å². The van der Waals surface area contributed by atoms with Gasteiger partial charge in [-0.05, 0) is 62.4 Å². The summed E-state index contributed by atoms with van der Waals surface area (Å²) in [6.45, 7) is 3.80. The number of carbonyl (C=O) groups is 1. The average Bonchev–Trinajstić information content (AvgIpc) is 3.29. The van der Waals surface area contributed by atoms with E-state index in [0.717, 1.165) is 48.1 Å². The molecule has 1 saturated heterocycles. The van der Waals surface area contributed by atoms with Crippen LogP contribution in [0.1, 0.15) is 36.0 Å². The lowest BCUT2D eigenvalue weighted by Crippen LogP contribution is -2.37. The number of amides is 1. The van der Waals surface area contributed by atoms with Crippen molar-refractivity contribution in [2.75, 3.05) is 31.6 Å². The zero-order valence-electron chi connectivity index (χ0n) is 17.6. The molecule has 0 radical (unpaired) electrons. The molecule has 160 valence electrons. The van der Waals surface area contributed by atoms with Crippen molar-refractivity contribution in [3.05, 3.63) is 53.1 Å². The third-order valence-corrected chi connectivity index (χ3v) is 7.85. The van der Waals surface area contributed by atoms with E-state index in [1.807, 2.05) is 25.1 Å². The number of methoxy groups -OCH3 is 1. The largest absolute Gasteiger partial charge is 0.496 e. The molecule has 0 aliphatic carbocycles. The zero-order valence-corrected chi connectivity index (χ0v) is 18.4. The van der Waals surface area contributed by atoms with Gasteiger partial charge in [-0.25, -0.2) is 8.42 Å². The van der Waals surface area contributed by atoms with Crippen molar-refractivity contribution in [2.24, 2.45) is 0 Å². The third kappa shape index (κ3) is 3.96. The second kappa shape index (κ2) is 8.40. The first-order valence-corrected chi connectivity index (χ1v) is 11.9. The van der Waals surface area contributed by atoms with Gasteiger partial charge in [-0.15, -0.1) is 0 Å². The maximum Gasteiger partial charge on any atom is 0.243 e. The Morgan fingerprint density at radius 1 is 1.03 bits per heavy atom. The number of sulfonamides is 1. The quantitative estimate of drug-likeness (QED) is 0.733. The number of benzene rings is 2.